The van der Waals surface area contributed by atoms with Crippen molar-refractivity contribution >= 4 is 27.9 Å². The third-order valence-corrected chi connectivity index (χ3v) is 11.3. The summed E-state index contributed by atoms with van der Waals surface area (Å²) in [5.41, 5.74) is 0.00176. The molecule has 156 valence electrons. The van der Waals surface area contributed by atoms with Gasteiger partial charge in [0.05, 0.1) is 46.6 Å². The Morgan fingerprint density at radius 1 is 0.821 bits per heavy atom. The van der Waals surface area contributed by atoms with Gasteiger partial charge < -0.3 is 9.47 Å². The molecule has 0 aromatic heterocycles. The maximum Gasteiger partial charge on any atom is 0.150 e. The Morgan fingerprint density at radius 2 is 1.32 bits per heavy atom. The zero-order valence-electron chi connectivity index (χ0n) is 18.1. The van der Waals surface area contributed by atoms with Crippen LogP contribution >= 0.6 is 11.8 Å². The van der Waals surface area contributed by atoms with Crippen LogP contribution in [0.15, 0.2) is 33.7 Å². The Kier molecular flexibility index (Phi) is 7.70. The largest absolute Gasteiger partial charge is 0.491 e. The van der Waals surface area contributed by atoms with Crippen molar-refractivity contribution in [1.82, 2.24) is 0 Å². The monoisotopic (exact) mass is 476 g/mol. The molecule has 0 spiro atoms. The van der Waals surface area contributed by atoms with E-state index in [2.05, 4.69) is 57.5 Å². The molecule has 28 heavy (non-hydrogen) atoms. The van der Waals surface area contributed by atoms with Gasteiger partial charge in [0.1, 0.15) is 0 Å². The minimum absolute atomic E-state index is 0. The van der Waals surface area contributed by atoms with Crippen molar-refractivity contribution in [2.45, 2.75) is 44.0 Å². The third-order valence-electron chi connectivity index (χ3n) is 5.55. The Bertz CT molecular complexity index is 663. The first-order valence-electron chi connectivity index (χ1n) is 9.70. The van der Waals surface area contributed by atoms with Gasteiger partial charge in [0.15, 0.2) is 5.09 Å². The summed E-state index contributed by atoms with van der Waals surface area (Å²) in [5, 5.41) is 4.37. The second kappa shape index (κ2) is 8.79. The number of methoxy groups -OCH3 is 1. The van der Waals surface area contributed by atoms with Crippen LogP contribution in [0, 0.1) is 37.5 Å². The maximum atomic E-state index is 5.98. The van der Waals surface area contributed by atoms with Gasteiger partial charge >= 0.3 is 0 Å². The molecule has 0 amide bonds. The van der Waals surface area contributed by atoms with Gasteiger partial charge in [-0.15, -0.1) is 0 Å². The minimum atomic E-state index is -1.40. The predicted octanol–water partition coefficient (Wildman–Crippen LogP) is 5.62. The Balaban J connectivity index is 0.000000408. The molecule has 0 aromatic rings. The van der Waals surface area contributed by atoms with Crippen LogP contribution in [0.4, 0.5) is 0 Å². The number of hydrogen-bond donors (Lipinski definition) is 0. The van der Waals surface area contributed by atoms with Crippen LogP contribution in [-0.4, -0.2) is 41.2 Å². The fourth-order valence-electron chi connectivity index (χ4n) is 4.06. The van der Waals surface area contributed by atoms with Crippen molar-refractivity contribution in [3.63, 3.8) is 0 Å². The van der Waals surface area contributed by atoms with Crippen LogP contribution in [0.25, 0.3) is 0 Å². The summed E-state index contributed by atoms with van der Waals surface area (Å²) in [5.74, 6) is 0. The standard InChI is InChI=1S/C17H28O2SSi2.C5H5.Co/c1-18-15-10-16-8-13(21(2,3)4)14(22(5,6)7)9-17(16,20-15)12-19-11-16;1-2-4-5-3-1;/h8-10H,11-12H2,1-7H3;1-5H;/t16-,17-;;/m1../s1. The average Bonchev–Trinajstić information content (AvgIpc) is 3.27. The van der Waals surface area contributed by atoms with Crippen LogP contribution in [0.3, 0.4) is 0 Å². The van der Waals surface area contributed by atoms with Gasteiger partial charge in [0, 0.05) is 16.8 Å². The van der Waals surface area contributed by atoms with E-state index in [-0.39, 0.29) is 26.9 Å². The van der Waals surface area contributed by atoms with E-state index in [1.807, 2.05) is 43.9 Å². The summed E-state index contributed by atoms with van der Waals surface area (Å²) in [6.45, 7) is 16.4. The van der Waals surface area contributed by atoms with Crippen LogP contribution in [0.1, 0.15) is 0 Å². The predicted molar refractivity (Wildman–Crippen MR) is 123 cm³/mol. The first kappa shape index (κ1) is 24.5. The topological polar surface area (TPSA) is 18.5 Å². The minimum Gasteiger partial charge on any atom is -0.491 e. The Morgan fingerprint density at radius 3 is 1.79 bits per heavy atom. The van der Waals surface area contributed by atoms with E-state index in [0.717, 1.165) is 18.3 Å². The van der Waals surface area contributed by atoms with Crippen LogP contribution in [-0.2, 0) is 26.3 Å². The fraction of sp³-hybridized carbons (Fsp3) is 0.500. The van der Waals surface area contributed by atoms with Gasteiger partial charge in [0.25, 0.3) is 0 Å². The second-order valence-corrected chi connectivity index (χ2v) is 21.2. The third kappa shape index (κ3) is 4.62. The molecule has 0 bridgehead atoms. The molecule has 4 rings (SSSR count). The van der Waals surface area contributed by atoms with E-state index in [1.54, 1.807) is 17.5 Å². The van der Waals surface area contributed by atoms with Crippen molar-refractivity contribution < 1.29 is 26.3 Å². The molecule has 4 aliphatic rings. The van der Waals surface area contributed by atoms with Crippen molar-refractivity contribution in [2.24, 2.45) is 5.41 Å². The molecule has 1 saturated carbocycles. The summed E-state index contributed by atoms with van der Waals surface area (Å²) >= 11 is 1.87. The Labute approximate surface area is 189 Å². The maximum absolute atomic E-state index is 5.98. The number of thioether (sulfide) groups is 1. The van der Waals surface area contributed by atoms with Gasteiger partial charge in [0.2, 0.25) is 0 Å². The molecule has 2 nitrogen and oxygen atoms in total. The molecule has 2 heterocycles. The summed E-state index contributed by atoms with van der Waals surface area (Å²) in [7, 11) is -1.01. The molecule has 0 aromatic carbocycles. The fourth-order valence-corrected chi connectivity index (χ4v) is 10.9. The van der Waals surface area contributed by atoms with Crippen molar-refractivity contribution in [2.75, 3.05) is 20.3 Å². The van der Waals surface area contributed by atoms with Crippen molar-refractivity contribution in [3.8, 4) is 0 Å². The normalized spacial score (nSPS) is 31.5. The quantitative estimate of drug-likeness (QED) is 0.493. The smallest absolute Gasteiger partial charge is 0.150 e. The van der Waals surface area contributed by atoms with Gasteiger partial charge in [-0.05, 0) is 38.2 Å². The molecule has 1 saturated heterocycles. The molecule has 2 aliphatic carbocycles. The molecule has 0 unspecified atom stereocenters. The van der Waals surface area contributed by atoms with Gasteiger partial charge in [-0.2, -0.15) is 0 Å². The van der Waals surface area contributed by atoms with Crippen LogP contribution in [0.2, 0.25) is 39.3 Å². The molecule has 6 heteroatoms. The zero-order chi connectivity index (χ0) is 19.9. The first-order valence-corrected chi connectivity index (χ1v) is 17.5. The van der Waals surface area contributed by atoms with E-state index in [4.69, 9.17) is 9.47 Å². The number of rotatable bonds is 3. The molecule has 2 aliphatic heterocycles. The number of hydrogen-bond acceptors (Lipinski definition) is 3. The van der Waals surface area contributed by atoms with Crippen molar-refractivity contribution in [3.05, 3.63) is 65.8 Å². The van der Waals surface area contributed by atoms with Gasteiger partial charge in [-0.25, -0.2) is 0 Å². The van der Waals surface area contributed by atoms with Gasteiger partial charge in [-0.1, -0.05) is 73.6 Å². The SMILES string of the molecule is COC1=C[C@@]23C=C([Si](C)(C)C)C([Si](C)(C)C)=C[C@]2(COC3)S1.[CH]1[CH][CH][CH][CH]1.[Co]. The molecule has 6 radical (unpaired) electrons. The zero-order valence-corrected chi connectivity index (χ0v) is 21.9. The summed E-state index contributed by atoms with van der Waals surface area (Å²) in [6.07, 6.45) is 17.5. The number of ether oxygens (including phenoxy) is 2. The second-order valence-electron chi connectivity index (χ2n) is 9.77. The van der Waals surface area contributed by atoms with E-state index in [0.29, 0.717) is 0 Å². The molecule has 2 atom stereocenters. The van der Waals surface area contributed by atoms with Gasteiger partial charge in [-0.3, -0.25) is 0 Å². The van der Waals surface area contributed by atoms with Crippen molar-refractivity contribution in [1.29, 1.82) is 0 Å². The molecule has 0 N–H and O–H groups in total. The summed E-state index contributed by atoms with van der Waals surface area (Å²) in [4.78, 5) is 0. The average molecular weight is 477 g/mol. The van der Waals surface area contributed by atoms with E-state index in [9.17, 15) is 0 Å². The summed E-state index contributed by atoms with van der Waals surface area (Å²) in [6, 6.07) is 0. The molecular formula is C22H33CoO2SSi2. The van der Waals surface area contributed by atoms with Crippen LogP contribution < -0.4 is 0 Å². The first-order chi connectivity index (χ1) is 12.5. The molecule has 2 fully saturated rings. The Hall–Kier alpha value is 0.270. The number of allylic oxidation sites excluding steroid dienone is 2. The van der Waals surface area contributed by atoms with E-state index in [1.165, 1.54) is 0 Å². The summed E-state index contributed by atoms with van der Waals surface area (Å²) < 4.78 is 11.6. The van der Waals surface area contributed by atoms with Crippen LogP contribution in [0.5, 0.6) is 0 Å². The molecular weight excluding hydrogens is 443 g/mol. The van der Waals surface area contributed by atoms with E-state index >= 15 is 0 Å². The van der Waals surface area contributed by atoms with E-state index < -0.39 is 16.1 Å².